The van der Waals surface area contributed by atoms with Crippen LogP contribution in [-0.2, 0) is 13.6 Å². The molecule has 0 aromatic carbocycles. The first-order chi connectivity index (χ1) is 8.62. The van der Waals surface area contributed by atoms with Crippen molar-refractivity contribution in [2.24, 2.45) is 18.4 Å². The average Bonchev–Trinajstić information content (AvgIpc) is 3.20. The lowest BCUT2D eigenvalue weighted by Crippen LogP contribution is -2.26. The van der Waals surface area contributed by atoms with Crippen molar-refractivity contribution in [3.63, 3.8) is 0 Å². The topological polar surface area (TPSA) is 67.2 Å². The Balaban J connectivity index is 1.59. The molecular weight excluding hydrogens is 230 g/mol. The smallest absolute Gasteiger partial charge is 0.339 e. The second kappa shape index (κ2) is 4.09. The van der Waals surface area contributed by atoms with Gasteiger partial charge in [-0.15, -0.1) is 0 Å². The predicted octanol–water partition coefficient (Wildman–Crippen LogP) is 1.40. The van der Waals surface area contributed by atoms with Crippen LogP contribution in [0.5, 0.6) is 0 Å². The van der Waals surface area contributed by atoms with Crippen molar-refractivity contribution in [1.82, 2.24) is 15.1 Å². The Morgan fingerprint density at radius 1 is 1.61 bits per heavy atom. The standard InChI is InChI=1S/C13H19N3O2/c1-16-11(10(6-15-16)12(17)18)7-14-8-13(4-5-13)9-2-3-9/h6,9,14H,2-5,7-8H2,1H3,(H,17,18). The van der Waals surface area contributed by atoms with Crippen molar-refractivity contribution < 1.29 is 9.90 Å². The van der Waals surface area contributed by atoms with Crippen LogP contribution in [0.25, 0.3) is 0 Å². The third-order valence-corrected chi connectivity index (χ3v) is 4.40. The average molecular weight is 249 g/mol. The van der Waals surface area contributed by atoms with Crippen LogP contribution in [0.3, 0.4) is 0 Å². The third kappa shape index (κ3) is 2.03. The molecule has 2 aliphatic rings. The molecule has 5 heteroatoms. The maximum absolute atomic E-state index is 11.0. The van der Waals surface area contributed by atoms with Gasteiger partial charge in [0.2, 0.25) is 0 Å². The van der Waals surface area contributed by atoms with Gasteiger partial charge in [-0.2, -0.15) is 5.10 Å². The van der Waals surface area contributed by atoms with E-state index >= 15 is 0 Å². The normalized spacial score (nSPS) is 20.9. The van der Waals surface area contributed by atoms with Gasteiger partial charge < -0.3 is 10.4 Å². The van der Waals surface area contributed by atoms with Gasteiger partial charge in [0.05, 0.1) is 11.9 Å². The molecule has 1 heterocycles. The van der Waals surface area contributed by atoms with E-state index in [9.17, 15) is 4.79 Å². The minimum absolute atomic E-state index is 0.307. The van der Waals surface area contributed by atoms with Gasteiger partial charge in [0, 0.05) is 20.1 Å². The molecule has 2 saturated carbocycles. The van der Waals surface area contributed by atoms with Gasteiger partial charge >= 0.3 is 5.97 Å². The largest absolute Gasteiger partial charge is 0.478 e. The molecule has 0 atom stereocenters. The van der Waals surface area contributed by atoms with Crippen molar-refractivity contribution in [2.75, 3.05) is 6.54 Å². The third-order valence-electron chi connectivity index (χ3n) is 4.40. The number of carboxylic acids is 1. The van der Waals surface area contributed by atoms with E-state index in [2.05, 4.69) is 10.4 Å². The summed E-state index contributed by atoms with van der Waals surface area (Å²) in [5.41, 5.74) is 1.61. The molecular formula is C13H19N3O2. The fourth-order valence-electron chi connectivity index (χ4n) is 2.87. The molecule has 1 aromatic rings. The first kappa shape index (κ1) is 11.7. The molecule has 0 amide bonds. The minimum atomic E-state index is -0.900. The zero-order chi connectivity index (χ0) is 12.8. The summed E-state index contributed by atoms with van der Waals surface area (Å²) in [6, 6.07) is 0. The highest BCUT2D eigenvalue weighted by Gasteiger charge is 2.53. The van der Waals surface area contributed by atoms with E-state index in [4.69, 9.17) is 5.11 Å². The number of aryl methyl sites for hydroxylation is 1. The van der Waals surface area contributed by atoms with Gasteiger partial charge in [0.1, 0.15) is 5.56 Å². The van der Waals surface area contributed by atoms with E-state index in [1.54, 1.807) is 11.7 Å². The molecule has 0 bridgehead atoms. The molecule has 0 aliphatic heterocycles. The van der Waals surface area contributed by atoms with Gasteiger partial charge in [-0.1, -0.05) is 0 Å². The lowest BCUT2D eigenvalue weighted by Gasteiger charge is -2.15. The Kier molecular flexibility index (Phi) is 2.66. The predicted molar refractivity (Wildman–Crippen MR) is 66.3 cm³/mol. The van der Waals surface area contributed by atoms with Gasteiger partial charge in [-0.3, -0.25) is 4.68 Å². The van der Waals surface area contributed by atoms with Crippen molar-refractivity contribution in [3.05, 3.63) is 17.5 Å². The second-order valence-corrected chi connectivity index (χ2v) is 5.67. The van der Waals surface area contributed by atoms with Crippen LogP contribution in [0, 0.1) is 11.3 Å². The molecule has 0 spiro atoms. The van der Waals surface area contributed by atoms with Crippen LogP contribution in [-0.4, -0.2) is 27.4 Å². The lowest BCUT2D eigenvalue weighted by molar-refractivity contribution is 0.0695. The molecule has 98 valence electrons. The number of carboxylic acid groups (broad SMARTS) is 1. The molecule has 3 rings (SSSR count). The molecule has 2 aliphatic carbocycles. The van der Waals surface area contributed by atoms with Crippen molar-refractivity contribution in [1.29, 1.82) is 0 Å². The molecule has 2 fully saturated rings. The fraction of sp³-hybridized carbons (Fsp3) is 0.692. The van der Waals surface area contributed by atoms with Gasteiger partial charge in [-0.25, -0.2) is 4.79 Å². The summed E-state index contributed by atoms with van der Waals surface area (Å²) in [5.74, 6) is 0.0266. The van der Waals surface area contributed by atoms with E-state index in [1.165, 1.54) is 31.9 Å². The Bertz CT molecular complexity index is 473. The Morgan fingerprint density at radius 3 is 2.89 bits per heavy atom. The van der Waals surface area contributed by atoms with Gasteiger partial charge in [0.25, 0.3) is 0 Å². The number of hydrogen-bond donors (Lipinski definition) is 2. The van der Waals surface area contributed by atoms with E-state index in [0.717, 1.165) is 18.2 Å². The van der Waals surface area contributed by atoms with Crippen molar-refractivity contribution in [2.45, 2.75) is 32.2 Å². The molecule has 5 nitrogen and oxygen atoms in total. The van der Waals surface area contributed by atoms with Crippen LogP contribution in [0.2, 0.25) is 0 Å². The van der Waals surface area contributed by atoms with Crippen LogP contribution in [0.4, 0.5) is 0 Å². The van der Waals surface area contributed by atoms with Crippen molar-refractivity contribution in [3.8, 4) is 0 Å². The first-order valence-electron chi connectivity index (χ1n) is 6.57. The quantitative estimate of drug-likeness (QED) is 0.799. The first-order valence-corrected chi connectivity index (χ1v) is 6.57. The summed E-state index contributed by atoms with van der Waals surface area (Å²) in [5, 5.41) is 16.5. The summed E-state index contributed by atoms with van der Waals surface area (Å²) < 4.78 is 1.65. The minimum Gasteiger partial charge on any atom is -0.478 e. The number of aromatic nitrogens is 2. The SMILES string of the molecule is Cn1ncc(C(=O)O)c1CNCC1(C2CC2)CC1. The summed E-state index contributed by atoms with van der Waals surface area (Å²) in [7, 11) is 1.79. The number of carbonyl (C=O) groups is 1. The Morgan fingerprint density at radius 2 is 2.33 bits per heavy atom. The highest BCUT2D eigenvalue weighted by molar-refractivity contribution is 5.88. The maximum Gasteiger partial charge on any atom is 0.339 e. The van der Waals surface area contributed by atoms with E-state index in [0.29, 0.717) is 17.5 Å². The monoisotopic (exact) mass is 249 g/mol. The van der Waals surface area contributed by atoms with Crippen LogP contribution >= 0.6 is 0 Å². The van der Waals surface area contributed by atoms with E-state index < -0.39 is 5.97 Å². The maximum atomic E-state index is 11.0. The van der Waals surface area contributed by atoms with Crippen LogP contribution in [0.15, 0.2) is 6.20 Å². The Hall–Kier alpha value is -1.36. The summed E-state index contributed by atoms with van der Waals surface area (Å²) >= 11 is 0. The fourth-order valence-corrected chi connectivity index (χ4v) is 2.87. The molecule has 18 heavy (non-hydrogen) atoms. The number of hydrogen-bond acceptors (Lipinski definition) is 3. The molecule has 0 saturated heterocycles. The summed E-state index contributed by atoms with van der Waals surface area (Å²) in [6.45, 7) is 1.61. The zero-order valence-electron chi connectivity index (χ0n) is 10.6. The van der Waals surface area contributed by atoms with Gasteiger partial charge in [0.15, 0.2) is 0 Å². The van der Waals surface area contributed by atoms with E-state index in [-0.39, 0.29) is 0 Å². The van der Waals surface area contributed by atoms with Gasteiger partial charge in [-0.05, 0) is 37.0 Å². The second-order valence-electron chi connectivity index (χ2n) is 5.67. The number of nitrogens with one attached hydrogen (secondary N) is 1. The Labute approximate surface area is 106 Å². The highest BCUT2D eigenvalue weighted by atomic mass is 16.4. The van der Waals surface area contributed by atoms with Crippen LogP contribution < -0.4 is 5.32 Å². The van der Waals surface area contributed by atoms with Crippen molar-refractivity contribution >= 4 is 5.97 Å². The zero-order valence-corrected chi connectivity index (χ0v) is 10.6. The highest BCUT2D eigenvalue weighted by Crippen LogP contribution is 2.60. The lowest BCUT2D eigenvalue weighted by atomic mass is 10.0. The summed E-state index contributed by atoms with van der Waals surface area (Å²) in [6.07, 6.45) is 6.86. The summed E-state index contributed by atoms with van der Waals surface area (Å²) in [4.78, 5) is 11.0. The number of aromatic carboxylic acids is 1. The van der Waals surface area contributed by atoms with Crippen LogP contribution in [0.1, 0.15) is 41.7 Å². The molecule has 1 aromatic heterocycles. The number of rotatable bonds is 6. The number of nitrogens with zero attached hydrogens (tertiary/aromatic N) is 2. The molecule has 0 unspecified atom stereocenters. The van der Waals surface area contributed by atoms with E-state index in [1.807, 2.05) is 0 Å². The molecule has 2 N–H and O–H groups in total. The molecule has 0 radical (unpaired) electrons.